The predicted octanol–water partition coefficient (Wildman–Crippen LogP) is 8.52. The van der Waals surface area contributed by atoms with E-state index in [0.29, 0.717) is 0 Å². The van der Waals surface area contributed by atoms with Crippen LogP contribution >= 0.6 is 11.3 Å². The zero-order valence-electron chi connectivity index (χ0n) is 16.2. The minimum Gasteiger partial charge on any atom is -0.151 e. The van der Waals surface area contributed by atoms with Crippen LogP contribution in [0, 0.1) is 0 Å². The molecule has 0 fully saturated rings. The molecule has 0 saturated heterocycles. The maximum Gasteiger partial charge on any atom is -0.000496 e. The lowest BCUT2D eigenvalue weighted by Crippen LogP contribution is -2.01. The zero-order chi connectivity index (χ0) is 19.4. The van der Waals surface area contributed by atoms with Crippen molar-refractivity contribution in [3.8, 4) is 11.1 Å². The third-order valence-electron chi connectivity index (χ3n) is 7.11. The third-order valence-corrected chi connectivity index (χ3v) is 7.90. The second-order valence-electron chi connectivity index (χ2n) is 8.51. The minimum absolute atomic E-state index is 1.04. The second kappa shape index (κ2) is 5.19. The third kappa shape index (κ3) is 1.67. The Labute approximate surface area is 177 Å². The summed E-state index contributed by atoms with van der Waals surface area (Å²) in [4.78, 5) is 0. The van der Waals surface area contributed by atoms with Crippen molar-refractivity contribution in [3.63, 3.8) is 0 Å². The summed E-state index contributed by atoms with van der Waals surface area (Å²) >= 11 is 1.83. The van der Waals surface area contributed by atoms with E-state index in [1.807, 2.05) is 11.3 Å². The van der Waals surface area contributed by atoms with Crippen molar-refractivity contribution >= 4 is 65.2 Å². The lowest BCUT2D eigenvalue weighted by atomic mass is 9.79. The Balaban J connectivity index is 1.82. The highest BCUT2D eigenvalue weighted by molar-refractivity contribution is 7.08. The standard InChI is InChI=1S/C29H16S/c1-5-16-6-2-10-21-25(16)19(8-1)20-9-4-12-23-27(20)28(21)22-11-3-7-17-13-18-14-30-15-24(18)29(23)26(17)22/h1-12,14-15H,13H2. The van der Waals surface area contributed by atoms with E-state index in [2.05, 4.69) is 83.6 Å². The van der Waals surface area contributed by atoms with Crippen molar-refractivity contribution in [3.05, 3.63) is 94.7 Å². The molecular formula is C29H16S. The molecule has 8 rings (SSSR count). The van der Waals surface area contributed by atoms with Crippen LogP contribution < -0.4 is 0 Å². The van der Waals surface area contributed by atoms with Gasteiger partial charge in [-0.05, 0) is 93.3 Å². The fourth-order valence-electron chi connectivity index (χ4n) is 5.99. The molecule has 1 heteroatoms. The first-order valence-corrected chi connectivity index (χ1v) is 11.4. The maximum atomic E-state index is 2.35. The Morgan fingerprint density at radius 1 is 0.500 bits per heavy atom. The van der Waals surface area contributed by atoms with E-state index in [4.69, 9.17) is 0 Å². The van der Waals surface area contributed by atoms with Crippen LogP contribution in [0.4, 0.5) is 0 Å². The van der Waals surface area contributed by atoms with Gasteiger partial charge in [0.2, 0.25) is 0 Å². The monoisotopic (exact) mass is 396 g/mol. The van der Waals surface area contributed by atoms with Gasteiger partial charge in [-0.25, -0.2) is 0 Å². The number of thiophene rings is 1. The van der Waals surface area contributed by atoms with Crippen molar-refractivity contribution in [1.82, 2.24) is 0 Å². The van der Waals surface area contributed by atoms with Gasteiger partial charge in [-0.2, -0.15) is 11.3 Å². The second-order valence-corrected chi connectivity index (χ2v) is 9.26. The van der Waals surface area contributed by atoms with Crippen LogP contribution in [0.3, 0.4) is 0 Å². The van der Waals surface area contributed by atoms with E-state index in [9.17, 15) is 0 Å². The lowest BCUT2D eigenvalue weighted by Gasteiger charge is -2.24. The predicted molar refractivity (Wildman–Crippen MR) is 131 cm³/mol. The van der Waals surface area contributed by atoms with Crippen molar-refractivity contribution in [2.24, 2.45) is 0 Å². The molecule has 0 radical (unpaired) electrons. The molecule has 0 bridgehead atoms. The lowest BCUT2D eigenvalue weighted by molar-refractivity contribution is 1.22. The smallest absolute Gasteiger partial charge is 0.000496 e. The van der Waals surface area contributed by atoms with Gasteiger partial charge in [0.15, 0.2) is 0 Å². The number of fused-ring (bicyclic) bond motifs is 6. The van der Waals surface area contributed by atoms with Gasteiger partial charge in [-0.3, -0.25) is 0 Å². The van der Waals surface area contributed by atoms with Crippen molar-refractivity contribution in [2.75, 3.05) is 0 Å². The largest absolute Gasteiger partial charge is 0.151 e. The molecule has 138 valence electrons. The first-order chi connectivity index (χ1) is 14.9. The highest BCUT2D eigenvalue weighted by atomic mass is 32.1. The Morgan fingerprint density at radius 3 is 2.00 bits per heavy atom. The topological polar surface area (TPSA) is 0 Å². The fourth-order valence-corrected chi connectivity index (χ4v) is 6.84. The van der Waals surface area contributed by atoms with Gasteiger partial charge in [0.1, 0.15) is 0 Å². The van der Waals surface area contributed by atoms with Crippen molar-refractivity contribution < 1.29 is 0 Å². The molecule has 0 unspecified atom stereocenters. The van der Waals surface area contributed by atoms with E-state index in [1.54, 1.807) is 0 Å². The van der Waals surface area contributed by atoms with Crippen LogP contribution in [-0.2, 0) is 6.42 Å². The van der Waals surface area contributed by atoms with Gasteiger partial charge in [0.25, 0.3) is 0 Å². The highest BCUT2D eigenvalue weighted by Crippen LogP contribution is 2.51. The molecule has 6 aromatic carbocycles. The summed E-state index contributed by atoms with van der Waals surface area (Å²) < 4.78 is 0. The summed E-state index contributed by atoms with van der Waals surface area (Å²) in [5, 5.41) is 18.6. The Hall–Kier alpha value is -3.42. The number of hydrogen-bond acceptors (Lipinski definition) is 1. The molecule has 1 aliphatic rings. The maximum absolute atomic E-state index is 2.35. The molecule has 0 amide bonds. The molecule has 1 aliphatic carbocycles. The van der Waals surface area contributed by atoms with Gasteiger partial charge in [0.05, 0.1) is 0 Å². The van der Waals surface area contributed by atoms with Gasteiger partial charge >= 0.3 is 0 Å². The zero-order valence-corrected chi connectivity index (χ0v) is 17.0. The Kier molecular flexibility index (Phi) is 2.67. The SMILES string of the molecule is c1cc2cccc3c2c(c1)c1cccc2c4c5c(cccc5c3c21)Cc1cscc1-4. The highest BCUT2D eigenvalue weighted by Gasteiger charge is 2.25. The van der Waals surface area contributed by atoms with Crippen molar-refractivity contribution in [2.45, 2.75) is 6.42 Å². The van der Waals surface area contributed by atoms with E-state index < -0.39 is 0 Å². The molecule has 0 N–H and O–H groups in total. The molecule has 0 aliphatic heterocycles. The summed E-state index contributed by atoms with van der Waals surface area (Å²) in [6, 6.07) is 27.4. The van der Waals surface area contributed by atoms with Crippen LogP contribution in [-0.4, -0.2) is 0 Å². The van der Waals surface area contributed by atoms with Crippen molar-refractivity contribution in [1.29, 1.82) is 0 Å². The summed E-state index contributed by atoms with van der Waals surface area (Å²) in [5.41, 5.74) is 5.81. The molecule has 0 saturated carbocycles. The molecule has 1 heterocycles. The molecule has 0 atom stereocenters. The fraction of sp³-hybridized carbons (Fsp3) is 0.0345. The summed E-state index contributed by atoms with van der Waals surface area (Å²) in [6.07, 6.45) is 1.04. The summed E-state index contributed by atoms with van der Waals surface area (Å²) in [7, 11) is 0. The normalized spacial score (nSPS) is 13.2. The average molecular weight is 397 g/mol. The average Bonchev–Trinajstić information content (AvgIpc) is 3.26. The molecular weight excluding hydrogens is 380 g/mol. The number of hydrogen-bond donors (Lipinski definition) is 0. The van der Waals surface area contributed by atoms with E-state index in [1.165, 1.54) is 76.1 Å². The van der Waals surface area contributed by atoms with Gasteiger partial charge in [0, 0.05) is 0 Å². The van der Waals surface area contributed by atoms with Crippen LogP contribution in [0.25, 0.3) is 65.0 Å². The number of rotatable bonds is 0. The molecule has 7 aromatic rings. The van der Waals surface area contributed by atoms with E-state index in [-0.39, 0.29) is 0 Å². The van der Waals surface area contributed by atoms with Crippen LogP contribution in [0.5, 0.6) is 0 Å². The summed E-state index contributed by atoms with van der Waals surface area (Å²) in [6.45, 7) is 0. The first kappa shape index (κ1) is 15.4. The van der Waals surface area contributed by atoms with Crippen LogP contribution in [0.15, 0.2) is 83.6 Å². The van der Waals surface area contributed by atoms with Gasteiger partial charge in [-0.15, -0.1) is 0 Å². The van der Waals surface area contributed by atoms with E-state index in [0.717, 1.165) is 6.42 Å². The van der Waals surface area contributed by atoms with Gasteiger partial charge in [-0.1, -0.05) is 72.8 Å². The molecule has 0 nitrogen and oxygen atoms in total. The Morgan fingerprint density at radius 2 is 1.13 bits per heavy atom. The van der Waals surface area contributed by atoms with Crippen LogP contribution in [0.2, 0.25) is 0 Å². The molecule has 30 heavy (non-hydrogen) atoms. The van der Waals surface area contributed by atoms with Gasteiger partial charge < -0.3 is 0 Å². The first-order valence-electron chi connectivity index (χ1n) is 10.5. The van der Waals surface area contributed by atoms with E-state index >= 15 is 0 Å². The minimum atomic E-state index is 1.04. The number of benzene rings is 6. The van der Waals surface area contributed by atoms with Crippen LogP contribution in [0.1, 0.15) is 11.1 Å². The molecule has 1 aromatic heterocycles. The summed E-state index contributed by atoms with van der Waals surface area (Å²) in [5.74, 6) is 0. The molecule has 0 spiro atoms. The Bertz CT molecular complexity index is 1810. The quantitative estimate of drug-likeness (QED) is 0.178.